The lowest BCUT2D eigenvalue weighted by molar-refractivity contribution is 0.277. The monoisotopic (exact) mass is 287 g/mol. The standard InChI is InChI=1S/C9H6Cl3F2NO/c10-9(11,12)8(15)16-4-5-3-6(13)1-2-7(5)14/h1-3,15H,4H2. The Hall–Kier alpha value is -0.580. The van der Waals surface area contributed by atoms with Gasteiger partial charge in [0.1, 0.15) is 18.2 Å². The molecule has 0 heterocycles. The van der Waals surface area contributed by atoms with E-state index in [1.54, 1.807) is 0 Å². The smallest absolute Gasteiger partial charge is 0.265 e. The molecule has 0 saturated carbocycles. The fourth-order valence-electron chi connectivity index (χ4n) is 0.886. The van der Waals surface area contributed by atoms with E-state index in [0.29, 0.717) is 0 Å². The molecule has 0 saturated heterocycles. The first-order valence-corrected chi connectivity index (χ1v) is 5.16. The summed E-state index contributed by atoms with van der Waals surface area (Å²) in [5, 5.41) is 7.18. The average molecular weight is 289 g/mol. The minimum atomic E-state index is -2.01. The first-order valence-electron chi connectivity index (χ1n) is 4.03. The molecular formula is C9H6Cl3F2NO. The Morgan fingerprint density at radius 3 is 2.50 bits per heavy atom. The SMILES string of the molecule is N=C(OCc1cc(F)ccc1F)C(Cl)(Cl)Cl. The summed E-state index contributed by atoms with van der Waals surface area (Å²) in [6, 6.07) is 2.87. The molecule has 0 spiro atoms. The first kappa shape index (κ1) is 13.5. The highest BCUT2D eigenvalue weighted by Crippen LogP contribution is 2.28. The normalized spacial score (nSPS) is 11.3. The van der Waals surface area contributed by atoms with Crippen LogP contribution in [0.1, 0.15) is 5.56 Å². The molecule has 0 fully saturated rings. The van der Waals surface area contributed by atoms with Gasteiger partial charge in [0.2, 0.25) is 5.90 Å². The van der Waals surface area contributed by atoms with Crippen molar-refractivity contribution in [3.8, 4) is 0 Å². The zero-order valence-electron chi connectivity index (χ0n) is 7.74. The molecule has 0 unspecified atom stereocenters. The van der Waals surface area contributed by atoms with Crippen LogP contribution < -0.4 is 0 Å². The summed E-state index contributed by atoms with van der Waals surface area (Å²) < 4.78 is 28.6. The molecule has 1 aromatic rings. The van der Waals surface area contributed by atoms with E-state index < -0.39 is 21.3 Å². The number of benzene rings is 1. The number of hydrogen-bond donors (Lipinski definition) is 1. The van der Waals surface area contributed by atoms with Crippen LogP contribution in [0.2, 0.25) is 0 Å². The Morgan fingerprint density at radius 2 is 1.94 bits per heavy atom. The van der Waals surface area contributed by atoms with Crippen LogP contribution in [0.4, 0.5) is 8.78 Å². The molecule has 1 rings (SSSR count). The molecule has 0 atom stereocenters. The molecule has 0 aliphatic carbocycles. The van der Waals surface area contributed by atoms with Gasteiger partial charge in [0.25, 0.3) is 3.79 Å². The van der Waals surface area contributed by atoms with Gasteiger partial charge >= 0.3 is 0 Å². The molecule has 7 heteroatoms. The number of ether oxygens (including phenoxy) is 1. The van der Waals surface area contributed by atoms with Gasteiger partial charge in [0.15, 0.2) is 0 Å². The summed E-state index contributed by atoms with van der Waals surface area (Å²) in [4.78, 5) is 0. The van der Waals surface area contributed by atoms with Gasteiger partial charge < -0.3 is 4.74 Å². The van der Waals surface area contributed by atoms with E-state index in [1.165, 1.54) is 0 Å². The lowest BCUT2D eigenvalue weighted by Gasteiger charge is -2.13. The Labute approximate surface area is 106 Å². The molecular weight excluding hydrogens is 282 g/mol. The van der Waals surface area contributed by atoms with E-state index in [4.69, 9.17) is 44.9 Å². The summed E-state index contributed by atoms with van der Waals surface area (Å²) in [5.41, 5.74) is -0.0565. The van der Waals surface area contributed by atoms with Crippen molar-refractivity contribution >= 4 is 40.7 Å². The van der Waals surface area contributed by atoms with Crippen molar-refractivity contribution in [2.24, 2.45) is 0 Å². The number of rotatable bonds is 2. The van der Waals surface area contributed by atoms with Crippen molar-refractivity contribution in [1.29, 1.82) is 5.41 Å². The maximum Gasteiger partial charge on any atom is 0.265 e. The van der Waals surface area contributed by atoms with Crippen LogP contribution in [0.5, 0.6) is 0 Å². The third kappa shape index (κ3) is 3.77. The van der Waals surface area contributed by atoms with Crippen LogP contribution in [0, 0.1) is 17.0 Å². The minimum Gasteiger partial charge on any atom is -0.473 e. The van der Waals surface area contributed by atoms with Crippen molar-refractivity contribution in [1.82, 2.24) is 0 Å². The lowest BCUT2D eigenvalue weighted by Crippen LogP contribution is -2.21. The molecule has 88 valence electrons. The van der Waals surface area contributed by atoms with Gasteiger partial charge in [-0.15, -0.1) is 0 Å². The second kappa shape index (κ2) is 5.17. The highest BCUT2D eigenvalue weighted by molar-refractivity contribution is 6.75. The van der Waals surface area contributed by atoms with Gasteiger partial charge in [0.05, 0.1) is 0 Å². The topological polar surface area (TPSA) is 33.1 Å². The minimum absolute atomic E-state index is 0.0565. The van der Waals surface area contributed by atoms with E-state index in [9.17, 15) is 8.78 Å². The molecule has 1 aromatic carbocycles. The molecule has 0 amide bonds. The highest BCUT2D eigenvalue weighted by atomic mass is 35.6. The van der Waals surface area contributed by atoms with Crippen molar-refractivity contribution in [3.63, 3.8) is 0 Å². The van der Waals surface area contributed by atoms with Gasteiger partial charge in [-0.3, -0.25) is 5.41 Å². The average Bonchev–Trinajstić information content (AvgIpc) is 2.17. The van der Waals surface area contributed by atoms with Crippen LogP contribution in [0.15, 0.2) is 18.2 Å². The third-order valence-electron chi connectivity index (χ3n) is 1.64. The van der Waals surface area contributed by atoms with Gasteiger partial charge in [-0.2, -0.15) is 0 Å². The number of alkyl halides is 3. The predicted molar refractivity (Wildman–Crippen MR) is 59.2 cm³/mol. The van der Waals surface area contributed by atoms with E-state index >= 15 is 0 Å². The van der Waals surface area contributed by atoms with Crippen LogP contribution in [-0.4, -0.2) is 9.69 Å². The first-order chi connectivity index (χ1) is 7.30. The molecule has 16 heavy (non-hydrogen) atoms. The summed E-state index contributed by atoms with van der Waals surface area (Å²) in [6.07, 6.45) is 0. The van der Waals surface area contributed by atoms with Gasteiger partial charge in [-0.05, 0) is 18.2 Å². The van der Waals surface area contributed by atoms with E-state index in [1.807, 2.05) is 0 Å². The summed E-state index contributed by atoms with van der Waals surface area (Å²) >= 11 is 16.0. The maximum atomic E-state index is 13.1. The third-order valence-corrected chi connectivity index (χ3v) is 2.15. The molecule has 1 N–H and O–H groups in total. The largest absolute Gasteiger partial charge is 0.473 e. The zero-order valence-corrected chi connectivity index (χ0v) is 10.0. The van der Waals surface area contributed by atoms with Gasteiger partial charge in [-0.25, -0.2) is 8.78 Å². The second-order valence-corrected chi connectivity index (χ2v) is 5.13. The van der Waals surface area contributed by atoms with Crippen molar-refractivity contribution in [3.05, 3.63) is 35.4 Å². The van der Waals surface area contributed by atoms with Crippen LogP contribution >= 0.6 is 34.8 Å². The second-order valence-electron chi connectivity index (χ2n) is 2.85. The fourth-order valence-corrected chi connectivity index (χ4v) is 1.05. The summed E-state index contributed by atoms with van der Waals surface area (Å²) in [5.74, 6) is -1.92. The predicted octanol–water partition coefficient (Wildman–Crippen LogP) is 3.83. The number of halogens is 5. The quantitative estimate of drug-likeness (QED) is 0.501. The lowest BCUT2D eigenvalue weighted by atomic mass is 10.2. The van der Waals surface area contributed by atoms with Crippen molar-refractivity contribution in [2.75, 3.05) is 0 Å². The van der Waals surface area contributed by atoms with Gasteiger partial charge in [-0.1, -0.05) is 34.8 Å². The fraction of sp³-hybridized carbons (Fsp3) is 0.222. The van der Waals surface area contributed by atoms with Crippen molar-refractivity contribution in [2.45, 2.75) is 10.4 Å². The number of hydrogen-bond acceptors (Lipinski definition) is 2. The van der Waals surface area contributed by atoms with Crippen LogP contribution in [0.3, 0.4) is 0 Å². The van der Waals surface area contributed by atoms with Crippen LogP contribution in [-0.2, 0) is 11.3 Å². The Morgan fingerprint density at radius 1 is 1.31 bits per heavy atom. The molecule has 2 nitrogen and oxygen atoms in total. The Bertz CT molecular complexity index is 406. The highest BCUT2D eigenvalue weighted by Gasteiger charge is 2.28. The Balaban J connectivity index is 2.68. The zero-order chi connectivity index (χ0) is 12.3. The van der Waals surface area contributed by atoms with Gasteiger partial charge in [0, 0.05) is 5.56 Å². The van der Waals surface area contributed by atoms with Crippen molar-refractivity contribution < 1.29 is 13.5 Å². The maximum absolute atomic E-state index is 13.1. The van der Waals surface area contributed by atoms with Crippen LogP contribution in [0.25, 0.3) is 0 Å². The van der Waals surface area contributed by atoms with E-state index in [0.717, 1.165) is 18.2 Å². The summed E-state index contributed by atoms with van der Waals surface area (Å²) in [6.45, 7) is -0.379. The van der Waals surface area contributed by atoms with E-state index in [-0.39, 0.29) is 12.2 Å². The molecule has 0 aromatic heterocycles. The summed E-state index contributed by atoms with van der Waals surface area (Å²) in [7, 11) is 0. The number of nitrogens with one attached hydrogen (secondary N) is 1. The molecule has 0 aliphatic rings. The van der Waals surface area contributed by atoms with E-state index in [2.05, 4.69) is 0 Å². The molecule has 0 bridgehead atoms. The Kier molecular flexibility index (Phi) is 4.35. The molecule has 0 aliphatic heterocycles. The molecule has 0 radical (unpaired) electrons.